The number of aliphatic hydroxyl groups is 1. The van der Waals surface area contributed by atoms with Crippen LogP contribution in [0.2, 0.25) is 0 Å². The average molecular weight is 627 g/mol. The number of alkyl halides is 1. The first-order valence-corrected chi connectivity index (χ1v) is 17.4. The van der Waals surface area contributed by atoms with Gasteiger partial charge in [0.2, 0.25) is 11.8 Å². The number of amides is 2. The second-order valence-electron chi connectivity index (χ2n) is 13.5. The van der Waals surface area contributed by atoms with Gasteiger partial charge >= 0.3 is 0 Å². The number of fused-ring (bicyclic) bond motifs is 1. The lowest BCUT2D eigenvalue weighted by Crippen LogP contribution is -2.56. The Labute approximate surface area is 262 Å². The van der Waals surface area contributed by atoms with E-state index in [0.717, 1.165) is 90.6 Å². The van der Waals surface area contributed by atoms with E-state index in [0.29, 0.717) is 44.2 Å². The monoisotopic (exact) mass is 626 g/mol. The molecule has 8 atom stereocenters. The van der Waals surface area contributed by atoms with Gasteiger partial charge in [0, 0.05) is 57.6 Å². The first kappa shape index (κ1) is 33.3. The minimum absolute atomic E-state index is 0.0191. The Morgan fingerprint density at radius 2 is 1.98 bits per heavy atom. The van der Waals surface area contributed by atoms with Crippen molar-refractivity contribution in [2.24, 2.45) is 17.8 Å². The average Bonchev–Trinajstić information content (AvgIpc) is 3.54. The Morgan fingerprint density at radius 3 is 2.74 bits per heavy atom. The molecule has 4 heterocycles. The van der Waals surface area contributed by atoms with Gasteiger partial charge in [-0.05, 0) is 76.3 Å². The predicted molar refractivity (Wildman–Crippen MR) is 166 cm³/mol. The number of carbonyl (C=O) groups excluding carboxylic acids is 2. The third-order valence-corrected chi connectivity index (χ3v) is 10.9. The maximum absolute atomic E-state index is 13.0. The quantitative estimate of drug-likeness (QED) is 0.200. The molecule has 246 valence electrons. The predicted octanol–water partition coefficient (Wildman–Crippen LogP) is 0.840. The second kappa shape index (κ2) is 16.5. The van der Waals surface area contributed by atoms with Crippen LogP contribution in [0.3, 0.4) is 0 Å². The SMILES string of the molecule is CCCC(=O)N1CCC(NC2CC(C(=O)NC[C@H](O)CN3CCC4C(CCC(OCC5CNCO5)C4Cl)C3)CCN2)CC1. The third kappa shape index (κ3) is 9.48. The molecular weight excluding hydrogens is 572 g/mol. The number of halogens is 1. The molecule has 12 heteroatoms. The first-order valence-electron chi connectivity index (χ1n) is 16.9. The van der Waals surface area contributed by atoms with Gasteiger partial charge in [-0.15, -0.1) is 11.6 Å². The number of nitrogens with zero attached hydrogens (tertiary/aromatic N) is 2. The molecule has 0 bridgehead atoms. The van der Waals surface area contributed by atoms with Gasteiger partial charge in [-0.3, -0.25) is 20.2 Å². The van der Waals surface area contributed by atoms with E-state index < -0.39 is 6.10 Å². The highest BCUT2D eigenvalue weighted by molar-refractivity contribution is 6.21. The number of piperidine rings is 3. The Balaban J connectivity index is 0.968. The molecule has 7 unspecified atom stereocenters. The number of hydrogen-bond acceptors (Lipinski definition) is 9. The number of rotatable bonds is 12. The van der Waals surface area contributed by atoms with Crippen molar-refractivity contribution in [2.75, 3.05) is 65.7 Å². The van der Waals surface area contributed by atoms with Gasteiger partial charge in [-0.2, -0.15) is 0 Å². The van der Waals surface area contributed by atoms with Crippen LogP contribution >= 0.6 is 11.6 Å². The van der Waals surface area contributed by atoms with Crippen LogP contribution < -0.4 is 21.3 Å². The van der Waals surface area contributed by atoms with E-state index in [2.05, 4.69) is 26.2 Å². The van der Waals surface area contributed by atoms with Crippen LogP contribution in [0.4, 0.5) is 0 Å². The lowest BCUT2D eigenvalue weighted by Gasteiger charge is -2.46. The highest BCUT2D eigenvalue weighted by Gasteiger charge is 2.42. The van der Waals surface area contributed by atoms with E-state index in [-0.39, 0.29) is 48.0 Å². The van der Waals surface area contributed by atoms with E-state index in [1.165, 1.54) is 0 Å². The summed E-state index contributed by atoms with van der Waals surface area (Å²) in [4.78, 5) is 29.5. The first-order chi connectivity index (χ1) is 20.9. The molecule has 5 fully saturated rings. The summed E-state index contributed by atoms with van der Waals surface area (Å²) in [5.74, 6) is 1.19. The zero-order valence-corrected chi connectivity index (χ0v) is 26.7. The lowest BCUT2D eigenvalue weighted by atomic mass is 9.73. The van der Waals surface area contributed by atoms with Crippen LogP contribution in [0.25, 0.3) is 0 Å². The Bertz CT molecular complexity index is 889. The molecule has 1 aliphatic carbocycles. The van der Waals surface area contributed by atoms with Crippen molar-refractivity contribution in [2.45, 2.75) is 101 Å². The van der Waals surface area contributed by atoms with Crippen LogP contribution in [0.5, 0.6) is 0 Å². The summed E-state index contributed by atoms with van der Waals surface area (Å²) in [5, 5.41) is 24.3. The Morgan fingerprint density at radius 1 is 1.14 bits per heavy atom. The molecule has 4 aliphatic heterocycles. The highest BCUT2D eigenvalue weighted by atomic mass is 35.5. The summed E-state index contributed by atoms with van der Waals surface area (Å²) in [6.45, 7) is 9.17. The van der Waals surface area contributed by atoms with Crippen molar-refractivity contribution in [3.63, 3.8) is 0 Å². The highest BCUT2D eigenvalue weighted by Crippen LogP contribution is 2.40. The van der Waals surface area contributed by atoms with Gasteiger partial charge in [-0.25, -0.2) is 0 Å². The van der Waals surface area contributed by atoms with Crippen molar-refractivity contribution < 1.29 is 24.2 Å². The van der Waals surface area contributed by atoms with E-state index in [1.807, 2.05) is 11.8 Å². The van der Waals surface area contributed by atoms with Crippen LogP contribution in [-0.2, 0) is 19.1 Å². The molecule has 2 amide bonds. The topological polar surface area (TPSA) is 127 Å². The maximum atomic E-state index is 13.0. The number of likely N-dealkylation sites (tertiary alicyclic amines) is 2. The molecule has 4 saturated heterocycles. The number of β-amino-alcohol motifs (C(OH)–C–C–N with tert-alkyl or cyclic N) is 1. The minimum atomic E-state index is -0.594. The van der Waals surface area contributed by atoms with E-state index in [1.54, 1.807) is 0 Å². The fraction of sp³-hybridized carbons (Fsp3) is 0.935. The largest absolute Gasteiger partial charge is 0.390 e. The number of carbonyl (C=O) groups is 2. The lowest BCUT2D eigenvalue weighted by molar-refractivity contribution is -0.132. The molecule has 1 saturated carbocycles. The van der Waals surface area contributed by atoms with E-state index in [9.17, 15) is 14.7 Å². The number of hydrogen-bond donors (Lipinski definition) is 5. The minimum Gasteiger partial charge on any atom is -0.390 e. The van der Waals surface area contributed by atoms with Gasteiger partial charge in [-0.1, -0.05) is 6.92 Å². The van der Waals surface area contributed by atoms with Crippen LogP contribution in [-0.4, -0.2) is 128 Å². The normalized spacial score (nSPS) is 35.0. The number of aliphatic hydroxyl groups excluding tert-OH is 1. The van der Waals surface area contributed by atoms with Gasteiger partial charge in [0.25, 0.3) is 0 Å². The standard InChI is InChI=1S/C31H55ClN6O5/c1-2-3-29(40)38-12-7-23(8-13-38)36-28-14-21(6-10-34-28)31(41)35-15-24(39)18-37-11-9-26-22(17-37)4-5-27(30(26)32)42-19-25-16-33-20-43-25/h21-28,30,33-34,36,39H,2-20H2,1H3,(H,35,41)/t21?,22?,24-,25?,26?,27?,28?,30?/m0/s1. The molecule has 0 aromatic carbocycles. The summed E-state index contributed by atoms with van der Waals surface area (Å²) in [7, 11) is 0. The summed E-state index contributed by atoms with van der Waals surface area (Å²) >= 11 is 6.93. The third-order valence-electron chi connectivity index (χ3n) is 10.3. The van der Waals surface area contributed by atoms with Crippen LogP contribution in [0.15, 0.2) is 0 Å². The van der Waals surface area contributed by atoms with Gasteiger partial charge < -0.3 is 35.0 Å². The summed E-state index contributed by atoms with van der Waals surface area (Å²) in [5.41, 5.74) is 0. The molecule has 5 aliphatic rings. The summed E-state index contributed by atoms with van der Waals surface area (Å²) in [6.07, 6.45) is 7.72. The fourth-order valence-electron chi connectivity index (χ4n) is 7.76. The molecule has 0 aromatic heterocycles. The van der Waals surface area contributed by atoms with Crippen molar-refractivity contribution in [1.82, 2.24) is 31.1 Å². The molecule has 5 rings (SSSR count). The fourth-order valence-corrected chi connectivity index (χ4v) is 8.29. The Hall–Kier alpha value is -1.05. The molecule has 0 aromatic rings. The molecule has 11 nitrogen and oxygen atoms in total. The smallest absolute Gasteiger partial charge is 0.223 e. The van der Waals surface area contributed by atoms with Crippen LogP contribution in [0.1, 0.15) is 64.7 Å². The van der Waals surface area contributed by atoms with E-state index >= 15 is 0 Å². The number of ether oxygens (including phenoxy) is 2. The second-order valence-corrected chi connectivity index (χ2v) is 14.0. The zero-order valence-electron chi connectivity index (χ0n) is 26.0. The van der Waals surface area contributed by atoms with Gasteiger partial charge in [0.1, 0.15) is 0 Å². The van der Waals surface area contributed by atoms with Crippen molar-refractivity contribution >= 4 is 23.4 Å². The molecular formula is C31H55ClN6O5. The van der Waals surface area contributed by atoms with Crippen molar-refractivity contribution in [1.29, 1.82) is 0 Å². The Kier molecular flexibility index (Phi) is 12.8. The van der Waals surface area contributed by atoms with Crippen molar-refractivity contribution in [3.8, 4) is 0 Å². The van der Waals surface area contributed by atoms with Gasteiger partial charge in [0.15, 0.2) is 0 Å². The summed E-state index contributed by atoms with van der Waals surface area (Å²) < 4.78 is 11.8. The summed E-state index contributed by atoms with van der Waals surface area (Å²) in [6, 6.07) is 0.358. The maximum Gasteiger partial charge on any atom is 0.223 e. The number of nitrogens with one attached hydrogen (secondary N) is 4. The zero-order chi connectivity index (χ0) is 30.2. The molecule has 5 N–H and O–H groups in total. The molecule has 43 heavy (non-hydrogen) atoms. The van der Waals surface area contributed by atoms with E-state index in [4.69, 9.17) is 21.1 Å². The van der Waals surface area contributed by atoms with Crippen molar-refractivity contribution in [3.05, 3.63) is 0 Å². The van der Waals surface area contributed by atoms with Gasteiger partial charge in [0.05, 0.1) is 43.2 Å². The van der Waals surface area contributed by atoms with Crippen LogP contribution in [0, 0.1) is 17.8 Å². The molecule has 0 radical (unpaired) electrons. The molecule has 0 spiro atoms.